The molecule has 0 radical (unpaired) electrons. The predicted octanol–water partition coefficient (Wildman–Crippen LogP) is 4.73. The van der Waals surface area contributed by atoms with Gasteiger partial charge in [-0.3, -0.25) is 9.59 Å². The number of esters is 1. The number of fused-ring (bicyclic) bond motifs is 1. The van der Waals surface area contributed by atoms with Gasteiger partial charge < -0.3 is 14.6 Å². The second kappa shape index (κ2) is 7.60. The third-order valence-electron chi connectivity index (χ3n) is 4.99. The molecule has 0 saturated carbocycles. The van der Waals surface area contributed by atoms with Crippen molar-refractivity contribution in [2.45, 2.75) is 12.3 Å². The molecule has 29 heavy (non-hydrogen) atoms. The number of hydrogen-bond donors (Lipinski definition) is 1. The van der Waals surface area contributed by atoms with Gasteiger partial charge in [-0.2, -0.15) is 0 Å². The van der Waals surface area contributed by atoms with Crippen molar-refractivity contribution in [3.8, 4) is 17.2 Å². The van der Waals surface area contributed by atoms with E-state index >= 15 is 0 Å². The minimum Gasteiger partial charge on any atom is -0.507 e. The Balaban J connectivity index is 1.80. The van der Waals surface area contributed by atoms with Crippen LogP contribution in [0.25, 0.3) is 0 Å². The van der Waals surface area contributed by atoms with Crippen molar-refractivity contribution in [3.63, 3.8) is 0 Å². The van der Waals surface area contributed by atoms with E-state index in [9.17, 15) is 14.7 Å². The fourth-order valence-electron chi connectivity index (χ4n) is 3.51. The van der Waals surface area contributed by atoms with Crippen LogP contribution in [0.2, 0.25) is 5.02 Å². The molecule has 0 bridgehead atoms. The average molecular weight is 409 g/mol. The number of benzene rings is 3. The number of carbonyl (C=O) groups is 2. The Morgan fingerprint density at radius 2 is 1.76 bits per heavy atom. The number of hydrogen-bond acceptors (Lipinski definition) is 5. The van der Waals surface area contributed by atoms with E-state index in [1.165, 1.54) is 6.07 Å². The Morgan fingerprint density at radius 3 is 2.41 bits per heavy atom. The van der Waals surface area contributed by atoms with Gasteiger partial charge in [0.15, 0.2) is 5.78 Å². The van der Waals surface area contributed by atoms with Crippen molar-refractivity contribution in [2.24, 2.45) is 0 Å². The Kier molecular flexibility index (Phi) is 4.99. The van der Waals surface area contributed by atoms with E-state index in [-0.39, 0.29) is 29.3 Å². The summed E-state index contributed by atoms with van der Waals surface area (Å²) in [6.07, 6.45) is 0.0610. The first kappa shape index (κ1) is 19.0. The molecule has 3 aromatic carbocycles. The Bertz CT molecular complexity index is 1090. The molecular weight excluding hydrogens is 392 g/mol. The fraction of sp³-hybridized carbons (Fsp3) is 0.130. The van der Waals surface area contributed by atoms with Crippen molar-refractivity contribution < 1.29 is 24.2 Å². The van der Waals surface area contributed by atoms with Gasteiger partial charge in [0.05, 0.1) is 19.1 Å². The molecule has 146 valence electrons. The second-order valence-electron chi connectivity index (χ2n) is 6.71. The van der Waals surface area contributed by atoms with E-state index in [1.807, 2.05) is 12.1 Å². The molecular formula is C23H17ClO5. The summed E-state index contributed by atoms with van der Waals surface area (Å²) in [7, 11) is 1.57. The lowest BCUT2D eigenvalue weighted by molar-refractivity contribution is -0.135. The average Bonchev–Trinajstić information content (AvgIpc) is 2.73. The van der Waals surface area contributed by atoms with Crippen LogP contribution in [0.3, 0.4) is 0 Å². The molecule has 1 atom stereocenters. The van der Waals surface area contributed by atoms with Crippen molar-refractivity contribution in [3.05, 3.63) is 87.9 Å². The van der Waals surface area contributed by atoms with Gasteiger partial charge in [0.25, 0.3) is 0 Å². The lowest BCUT2D eigenvalue weighted by Crippen LogP contribution is -2.22. The minimum atomic E-state index is -0.435. The first-order valence-corrected chi connectivity index (χ1v) is 9.36. The Hall–Kier alpha value is -3.31. The van der Waals surface area contributed by atoms with Gasteiger partial charge >= 0.3 is 5.97 Å². The number of rotatable bonds is 4. The number of phenols is 1. The highest BCUT2D eigenvalue weighted by Gasteiger charge is 2.33. The van der Waals surface area contributed by atoms with Gasteiger partial charge in [0.1, 0.15) is 17.2 Å². The first-order chi connectivity index (χ1) is 14.0. The van der Waals surface area contributed by atoms with Crippen molar-refractivity contribution >= 4 is 23.4 Å². The van der Waals surface area contributed by atoms with E-state index in [0.717, 1.165) is 5.56 Å². The van der Waals surface area contributed by atoms with Crippen molar-refractivity contribution in [1.29, 1.82) is 0 Å². The summed E-state index contributed by atoms with van der Waals surface area (Å²) in [4.78, 5) is 25.0. The Labute approximate surface area is 172 Å². The van der Waals surface area contributed by atoms with Gasteiger partial charge in [-0.1, -0.05) is 23.7 Å². The molecule has 6 heteroatoms. The minimum absolute atomic E-state index is 0.0610. The molecule has 1 heterocycles. The molecule has 0 amide bonds. The summed E-state index contributed by atoms with van der Waals surface area (Å²) in [5.74, 6) is -0.414. The van der Waals surface area contributed by atoms with Gasteiger partial charge in [-0.25, -0.2) is 0 Å². The smallest absolute Gasteiger partial charge is 0.312 e. The molecule has 0 unspecified atom stereocenters. The van der Waals surface area contributed by atoms with Crippen LogP contribution in [-0.2, 0) is 4.79 Å². The molecule has 5 nitrogen and oxygen atoms in total. The molecule has 1 N–H and O–H groups in total. The van der Waals surface area contributed by atoms with E-state index < -0.39 is 11.9 Å². The fourth-order valence-corrected chi connectivity index (χ4v) is 3.64. The molecule has 0 aromatic heterocycles. The molecule has 1 aliphatic heterocycles. The van der Waals surface area contributed by atoms with Crippen LogP contribution >= 0.6 is 11.6 Å². The quantitative estimate of drug-likeness (QED) is 0.384. The largest absolute Gasteiger partial charge is 0.507 e. The molecule has 4 rings (SSSR count). The number of ketones is 1. The molecule has 3 aromatic rings. The van der Waals surface area contributed by atoms with Crippen LogP contribution in [0.5, 0.6) is 17.2 Å². The summed E-state index contributed by atoms with van der Waals surface area (Å²) in [5, 5.41) is 11.5. The second-order valence-corrected chi connectivity index (χ2v) is 7.15. The number of carbonyl (C=O) groups excluding carboxylic acids is 2. The first-order valence-electron chi connectivity index (χ1n) is 8.98. The highest BCUT2D eigenvalue weighted by Crippen LogP contribution is 2.45. The van der Waals surface area contributed by atoms with Crippen molar-refractivity contribution in [2.75, 3.05) is 7.11 Å². The molecule has 0 aliphatic carbocycles. The normalized spacial score (nSPS) is 15.4. The van der Waals surface area contributed by atoms with Gasteiger partial charge in [-0.15, -0.1) is 0 Å². The van der Waals surface area contributed by atoms with Gasteiger partial charge in [0.2, 0.25) is 0 Å². The van der Waals surface area contributed by atoms with Crippen LogP contribution < -0.4 is 9.47 Å². The molecule has 0 spiro atoms. The standard InChI is InChI=1S/C23H17ClO5/c1-28-16-8-4-13(5-9-16)18-12-20(25)29-19-11-10-17(23(27)21(18)19)22(26)14-2-6-15(24)7-3-14/h2-11,18,27H,12H2,1H3/t18-/m0/s1. The summed E-state index contributed by atoms with van der Waals surface area (Å²) < 4.78 is 10.5. The highest BCUT2D eigenvalue weighted by atomic mass is 35.5. The Morgan fingerprint density at radius 1 is 1.07 bits per heavy atom. The molecule has 0 saturated heterocycles. The zero-order valence-electron chi connectivity index (χ0n) is 15.5. The summed E-state index contributed by atoms with van der Waals surface area (Å²) in [6.45, 7) is 0. The summed E-state index contributed by atoms with van der Waals surface area (Å²) in [6, 6.07) is 16.7. The van der Waals surface area contributed by atoms with E-state index in [0.29, 0.717) is 21.9 Å². The van der Waals surface area contributed by atoms with Crippen LogP contribution in [-0.4, -0.2) is 24.0 Å². The number of aromatic hydroxyl groups is 1. The van der Waals surface area contributed by atoms with Crippen LogP contribution in [0, 0.1) is 0 Å². The topological polar surface area (TPSA) is 72.8 Å². The summed E-state index contributed by atoms with van der Waals surface area (Å²) >= 11 is 5.89. The number of phenolic OH excluding ortho intramolecular Hbond substituents is 1. The van der Waals surface area contributed by atoms with E-state index in [1.54, 1.807) is 49.6 Å². The number of methoxy groups -OCH3 is 1. The lowest BCUT2D eigenvalue weighted by atomic mass is 9.84. The van der Waals surface area contributed by atoms with E-state index in [4.69, 9.17) is 21.1 Å². The van der Waals surface area contributed by atoms with Crippen LogP contribution in [0.4, 0.5) is 0 Å². The predicted molar refractivity (Wildman–Crippen MR) is 108 cm³/mol. The number of ether oxygens (including phenoxy) is 2. The zero-order chi connectivity index (χ0) is 20.5. The summed E-state index contributed by atoms with van der Waals surface area (Å²) in [5.41, 5.74) is 1.78. The maximum Gasteiger partial charge on any atom is 0.312 e. The van der Waals surface area contributed by atoms with Crippen LogP contribution in [0.15, 0.2) is 60.7 Å². The van der Waals surface area contributed by atoms with E-state index in [2.05, 4.69) is 0 Å². The SMILES string of the molecule is COc1ccc([C@@H]2CC(=O)Oc3ccc(C(=O)c4ccc(Cl)cc4)c(O)c32)cc1. The highest BCUT2D eigenvalue weighted by molar-refractivity contribution is 6.30. The monoisotopic (exact) mass is 408 g/mol. The van der Waals surface area contributed by atoms with Gasteiger partial charge in [0, 0.05) is 22.1 Å². The molecule has 0 fully saturated rings. The van der Waals surface area contributed by atoms with Crippen molar-refractivity contribution in [1.82, 2.24) is 0 Å². The zero-order valence-corrected chi connectivity index (χ0v) is 16.3. The third kappa shape index (κ3) is 3.57. The molecule has 1 aliphatic rings. The maximum absolute atomic E-state index is 12.9. The lowest BCUT2D eigenvalue weighted by Gasteiger charge is -2.26. The third-order valence-corrected chi connectivity index (χ3v) is 5.24. The number of halogens is 1. The van der Waals surface area contributed by atoms with Gasteiger partial charge in [-0.05, 0) is 54.1 Å². The maximum atomic E-state index is 12.9. The van der Waals surface area contributed by atoms with Crippen LogP contribution in [0.1, 0.15) is 39.4 Å².